The molecule has 0 amide bonds. The van der Waals surface area contributed by atoms with E-state index >= 15 is 0 Å². The molecule has 21 heavy (non-hydrogen) atoms. The van der Waals surface area contributed by atoms with Gasteiger partial charge in [0.05, 0.1) is 0 Å². The molecular weight excluding hydrogens is 258 g/mol. The number of nitrogens with one attached hydrogen (secondary N) is 1. The summed E-state index contributed by atoms with van der Waals surface area (Å²) >= 11 is 0. The summed E-state index contributed by atoms with van der Waals surface area (Å²) in [4.78, 5) is 0. The van der Waals surface area contributed by atoms with Crippen LogP contribution in [0.2, 0.25) is 0 Å². The van der Waals surface area contributed by atoms with Crippen LogP contribution >= 0.6 is 0 Å². The molecule has 0 radical (unpaired) electrons. The van der Waals surface area contributed by atoms with Crippen LogP contribution < -0.4 is 5.32 Å². The van der Waals surface area contributed by atoms with Crippen LogP contribution in [0.3, 0.4) is 0 Å². The van der Waals surface area contributed by atoms with E-state index in [-0.39, 0.29) is 0 Å². The largest absolute Gasteiger partial charge is 0.340 e. The Bertz CT molecular complexity index is 513. The first-order valence-corrected chi connectivity index (χ1v) is 8.23. The zero-order valence-electron chi connectivity index (χ0n) is 14.0. The molecule has 0 spiro atoms. The molecule has 1 aliphatic carbocycles. The molecule has 116 valence electrons. The van der Waals surface area contributed by atoms with Crippen molar-refractivity contribution in [1.82, 2.24) is 9.88 Å². The summed E-state index contributed by atoms with van der Waals surface area (Å²) < 4.78 is 1.98. The van der Waals surface area contributed by atoms with Gasteiger partial charge in [-0.05, 0) is 49.1 Å². The summed E-state index contributed by atoms with van der Waals surface area (Å²) in [6.07, 6.45) is 6.84. The smallest absolute Gasteiger partial charge is 0.120 e. The Kier molecular flexibility index (Phi) is 5.11. The van der Waals surface area contributed by atoms with Gasteiger partial charge in [0.25, 0.3) is 0 Å². The second-order valence-electron chi connectivity index (χ2n) is 7.22. The van der Waals surface area contributed by atoms with Crippen LogP contribution in [0, 0.1) is 29.6 Å². The second-order valence-corrected chi connectivity index (χ2v) is 7.22. The van der Waals surface area contributed by atoms with Gasteiger partial charge in [0.2, 0.25) is 0 Å². The molecule has 0 unspecified atom stereocenters. The quantitative estimate of drug-likeness (QED) is 0.862. The van der Waals surface area contributed by atoms with Crippen molar-refractivity contribution in [2.24, 2.45) is 18.4 Å². The van der Waals surface area contributed by atoms with Crippen LogP contribution in [0.1, 0.15) is 62.9 Å². The Morgan fingerprint density at radius 1 is 1.38 bits per heavy atom. The summed E-state index contributed by atoms with van der Waals surface area (Å²) in [6.45, 7) is 8.75. The van der Waals surface area contributed by atoms with Crippen molar-refractivity contribution in [1.29, 1.82) is 5.26 Å². The van der Waals surface area contributed by atoms with Crippen LogP contribution in [0.5, 0.6) is 0 Å². The molecule has 0 bridgehead atoms. The van der Waals surface area contributed by atoms with Gasteiger partial charge in [-0.2, -0.15) is 5.26 Å². The normalized spacial score (nSPS) is 17.3. The zero-order valence-corrected chi connectivity index (χ0v) is 14.0. The molecule has 0 atom stereocenters. The van der Waals surface area contributed by atoms with Gasteiger partial charge in [-0.1, -0.05) is 26.7 Å². The Hall–Kier alpha value is -1.27. The molecule has 1 N–H and O–H groups in total. The number of nitrogens with zero attached hydrogens (tertiary/aromatic N) is 2. The minimum Gasteiger partial charge on any atom is -0.340 e. The number of rotatable bonds is 6. The third kappa shape index (κ3) is 3.68. The lowest BCUT2D eigenvalue weighted by atomic mass is 9.78. The number of nitriles is 1. The van der Waals surface area contributed by atoms with E-state index < -0.39 is 0 Å². The monoisotopic (exact) mass is 287 g/mol. The molecule has 1 aliphatic rings. The van der Waals surface area contributed by atoms with E-state index in [0.717, 1.165) is 24.7 Å². The lowest BCUT2D eigenvalue weighted by Gasteiger charge is -2.31. The molecule has 3 heteroatoms. The Morgan fingerprint density at radius 2 is 2.05 bits per heavy atom. The summed E-state index contributed by atoms with van der Waals surface area (Å²) in [5.74, 6) is 0.772. The first-order valence-electron chi connectivity index (χ1n) is 8.23. The molecule has 0 saturated heterocycles. The van der Waals surface area contributed by atoms with Crippen molar-refractivity contribution in [2.75, 3.05) is 6.54 Å². The molecule has 3 nitrogen and oxygen atoms in total. The van der Waals surface area contributed by atoms with Crippen LogP contribution in [-0.2, 0) is 13.6 Å². The molecule has 1 saturated carbocycles. The van der Waals surface area contributed by atoms with Gasteiger partial charge in [0, 0.05) is 25.8 Å². The molecule has 1 aromatic heterocycles. The predicted octanol–water partition coefficient (Wildman–Crippen LogP) is 3.90. The maximum Gasteiger partial charge on any atom is 0.120 e. The van der Waals surface area contributed by atoms with Crippen LogP contribution in [0.15, 0.2) is 6.07 Å². The topological polar surface area (TPSA) is 40.8 Å². The van der Waals surface area contributed by atoms with E-state index in [1.807, 2.05) is 17.7 Å². The number of aromatic nitrogens is 1. The fourth-order valence-electron chi connectivity index (χ4n) is 3.96. The maximum atomic E-state index is 9.10. The van der Waals surface area contributed by atoms with Crippen LogP contribution in [-0.4, -0.2) is 11.1 Å². The third-order valence-corrected chi connectivity index (χ3v) is 5.08. The number of hydrogen-bond acceptors (Lipinski definition) is 2. The maximum absolute atomic E-state index is 9.10. The molecule has 2 rings (SSSR count). The minimum absolute atomic E-state index is 0.509. The van der Waals surface area contributed by atoms with Gasteiger partial charge in [-0.25, -0.2) is 0 Å². The summed E-state index contributed by atoms with van der Waals surface area (Å²) in [5, 5.41) is 12.8. The first-order chi connectivity index (χ1) is 9.97. The molecule has 0 aromatic carbocycles. The highest BCUT2D eigenvalue weighted by Gasteiger charge is 2.33. The SMILES string of the molecule is Cc1c(CNCC2(CC(C)C)CCCC2)cc(C#N)n1C. The van der Waals surface area contributed by atoms with Crippen molar-refractivity contribution in [3.05, 3.63) is 23.0 Å². The first kappa shape index (κ1) is 16.1. The van der Waals surface area contributed by atoms with Gasteiger partial charge in [0.15, 0.2) is 0 Å². The van der Waals surface area contributed by atoms with Gasteiger partial charge in [-0.15, -0.1) is 0 Å². The van der Waals surface area contributed by atoms with E-state index in [0.29, 0.717) is 5.41 Å². The van der Waals surface area contributed by atoms with E-state index in [2.05, 4.69) is 32.2 Å². The Labute approximate surface area is 129 Å². The fourth-order valence-corrected chi connectivity index (χ4v) is 3.96. The van der Waals surface area contributed by atoms with Crippen molar-refractivity contribution in [2.45, 2.75) is 59.4 Å². The van der Waals surface area contributed by atoms with E-state index in [4.69, 9.17) is 5.26 Å². The molecular formula is C18H29N3. The highest BCUT2D eigenvalue weighted by atomic mass is 15.0. The molecule has 1 fully saturated rings. The van der Waals surface area contributed by atoms with E-state index in [1.54, 1.807) is 0 Å². The zero-order chi connectivity index (χ0) is 15.5. The van der Waals surface area contributed by atoms with E-state index in [1.165, 1.54) is 43.4 Å². The van der Waals surface area contributed by atoms with Gasteiger partial charge in [0.1, 0.15) is 11.8 Å². The Balaban J connectivity index is 1.95. The lowest BCUT2D eigenvalue weighted by Crippen LogP contribution is -2.33. The van der Waals surface area contributed by atoms with Gasteiger partial charge in [-0.3, -0.25) is 0 Å². The van der Waals surface area contributed by atoms with Crippen molar-refractivity contribution >= 4 is 0 Å². The van der Waals surface area contributed by atoms with E-state index in [9.17, 15) is 0 Å². The highest BCUT2D eigenvalue weighted by molar-refractivity contribution is 5.34. The average Bonchev–Trinajstić information content (AvgIpc) is 2.98. The lowest BCUT2D eigenvalue weighted by molar-refractivity contribution is 0.223. The molecule has 1 heterocycles. The van der Waals surface area contributed by atoms with Crippen LogP contribution in [0.25, 0.3) is 0 Å². The standard InChI is InChI=1S/C18H29N3/c1-14(2)10-18(7-5-6-8-18)13-20-12-16-9-17(11-19)21(4)15(16)3/h9,14,20H,5-8,10,12-13H2,1-4H3. The third-order valence-electron chi connectivity index (χ3n) is 5.08. The minimum atomic E-state index is 0.509. The van der Waals surface area contributed by atoms with Gasteiger partial charge >= 0.3 is 0 Å². The Morgan fingerprint density at radius 3 is 2.57 bits per heavy atom. The van der Waals surface area contributed by atoms with Crippen LogP contribution in [0.4, 0.5) is 0 Å². The summed E-state index contributed by atoms with van der Waals surface area (Å²) in [6, 6.07) is 4.28. The van der Waals surface area contributed by atoms with Crippen molar-refractivity contribution < 1.29 is 0 Å². The van der Waals surface area contributed by atoms with Gasteiger partial charge < -0.3 is 9.88 Å². The predicted molar refractivity (Wildman–Crippen MR) is 86.9 cm³/mol. The second kappa shape index (κ2) is 6.66. The van der Waals surface area contributed by atoms with Crippen molar-refractivity contribution in [3.63, 3.8) is 0 Å². The summed E-state index contributed by atoms with van der Waals surface area (Å²) in [7, 11) is 1.97. The molecule has 0 aliphatic heterocycles. The molecule has 1 aromatic rings. The average molecular weight is 287 g/mol. The van der Waals surface area contributed by atoms with Crippen molar-refractivity contribution in [3.8, 4) is 6.07 Å². The summed E-state index contributed by atoms with van der Waals surface area (Å²) in [5.41, 5.74) is 3.71. The highest BCUT2D eigenvalue weighted by Crippen LogP contribution is 2.42. The number of hydrogen-bond donors (Lipinski definition) is 1. The fraction of sp³-hybridized carbons (Fsp3) is 0.722.